The molecule has 156 valence electrons. The quantitative estimate of drug-likeness (QED) is 0.615. The number of hydrogen-bond acceptors (Lipinski definition) is 5. The second-order valence-electron chi connectivity index (χ2n) is 7.55. The van der Waals surface area contributed by atoms with E-state index >= 15 is 0 Å². The van der Waals surface area contributed by atoms with Crippen LogP contribution in [0, 0.1) is 6.92 Å². The lowest BCUT2D eigenvalue weighted by molar-refractivity contribution is 0.283. The highest BCUT2D eigenvalue weighted by Gasteiger charge is 2.16. The first kappa shape index (κ1) is 20.5. The van der Waals surface area contributed by atoms with Gasteiger partial charge in [-0.05, 0) is 43.2 Å². The van der Waals surface area contributed by atoms with Crippen LogP contribution in [0.4, 0.5) is 0 Å². The van der Waals surface area contributed by atoms with E-state index in [4.69, 9.17) is 15.2 Å². The molecule has 0 saturated carbocycles. The van der Waals surface area contributed by atoms with E-state index in [0.29, 0.717) is 13.0 Å². The maximum atomic E-state index is 11.6. The Bertz CT molecular complexity index is 1150. The van der Waals surface area contributed by atoms with Gasteiger partial charge in [-0.1, -0.05) is 42.0 Å². The van der Waals surface area contributed by atoms with Gasteiger partial charge in [-0.25, -0.2) is 23.2 Å². The molecule has 1 aliphatic rings. The van der Waals surface area contributed by atoms with Gasteiger partial charge in [0.05, 0.1) is 17.1 Å². The van der Waals surface area contributed by atoms with Crippen molar-refractivity contribution >= 4 is 10.0 Å². The third-order valence-corrected chi connectivity index (χ3v) is 6.05. The van der Waals surface area contributed by atoms with Crippen molar-refractivity contribution in [3.05, 3.63) is 83.5 Å². The monoisotopic (exact) mass is 423 g/mol. The molecular formula is C22H25N5O2S. The lowest BCUT2D eigenvalue weighted by Gasteiger charge is -2.20. The minimum Gasteiger partial charge on any atom is -0.292 e. The van der Waals surface area contributed by atoms with E-state index in [0.717, 1.165) is 42.4 Å². The molecule has 0 atom stereocenters. The molecule has 3 aromatic rings. The van der Waals surface area contributed by atoms with E-state index in [9.17, 15) is 8.42 Å². The Balaban J connectivity index is 1.67. The molecule has 2 heterocycles. The largest absolute Gasteiger partial charge is 0.292 e. The highest BCUT2D eigenvalue weighted by molar-refractivity contribution is 7.89. The fourth-order valence-electron chi connectivity index (χ4n) is 3.48. The van der Waals surface area contributed by atoms with Crippen LogP contribution in [0.15, 0.2) is 65.6 Å². The zero-order valence-electron chi connectivity index (χ0n) is 16.9. The zero-order valence-corrected chi connectivity index (χ0v) is 17.7. The summed E-state index contributed by atoms with van der Waals surface area (Å²) in [6.45, 7) is 4.62. The van der Waals surface area contributed by atoms with E-state index in [1.807, 2.05) is 0 Å². The van der Waals surface area contributed by atoms with Gasteiger partial charge < -0.3 is 0 Å². The van der Waals surface area contributed by atoms with Gasteiger partial charge in [0, 0.05) is 19.5 Å². The first-order valence-electron chi connectivity index (χ1n) is 9.89. The molecule has 4 rings (SSSR count). The molecule has 1 aliphatic heterocycles. The van der Waals surface area contributed by atoms with E-state index in [-0.39, 0.29) is 4.90 Å². The lowest BCUT2D eigenvalue weighted by atomic mass is 10.1. The van der Waals surface area contributed by atoms with E-state index in [2.05, 4.69) is 48.2 Å². The normalized spacial score (nSPS) is 14.9. The Morgan fingerprint density at radius 2 is 1.77 bits per heavy atom. The molecule has 0 spiro atoms. The number of sulfonamides is 1. The molecule has 8 heteroatoms. The molecule has 0 unspecified atom stereocenters. The number of hydrogen-bond donors (Lipinski definition) is 1. The summed E-state index contributed by atoms with van der Waals surface area (Å²) >= 11 is 0. The van der Waals surface area contributed by atoms with Gasteiger partial charge in [0.15, 0.2) is 5.82 Å². The minimum atomic E-state index is -3.74. The van der Waals surface area contributed by atoms with Crippen LogP contribution in [0.3, 0.4) is 0 Å². The summed E-state index contributed by atoms with van der Waals surface area (Å²) in [6, 6.07) is 14.8. The van der Waals surface area contributed by atoms with Crippen LogP contribution in [0.1, 0.15) is 29.2 Å². The Labute approximate surface area is 176 Å². The van der Waals surface area contributed by atoms with Crippen molar-refractivity contribution in [1.82, 2.24) is 19.7 Å². The number of benzene rings is 2. The molecule has 0 aliphatic carbocycles. The molecule has 0 saturated heterocycles. The summed E-state index contributed by atoms with van der Waals surface area (Å²) in [5.74, 6) is 1.56. The van der Waals surface area contributed by atoms with Crippen molar-refractivity contribution in [2.24, 2.45) is 5.14 Å². The summed E-state index contributed by atoms with van der Waals surface area (Å²) < 4.78 is 24.9. The maximum absolute atomic E-state index is 11.6. The number of primary sulfonamides is 1. The number of rotatable bonds is 6. The number of nitrogens with zero attached hydrogens (tertiary/aromatic N) is 4. The standard InChI is InChI=1S/C22H25N5O2S/c1-17-5-7-18(8-6-17)15-22-24-21(16-26-13-3-2-4-14-26)25-27(22)19-9-11-20(12-10-19)30(23,28)29/h2-3,5-12H,4,13-16H2,1H3,(H2,23,28,29). The number of aromatic nitrogens is 3. The number of nitrogens with two attached hydrogens (primary N) is 1. The fourth-order valence-corrected chi connectivity index (χ4v) is 3.99. The van der Waals surface area contributed by atoms with Crippen LogP contribution in [-0.2, 0) is 23.0 Å². The summed E-state index contributed by atoms with van der Waals surface area (Å²) in [7, 11) is -3.74. The molecule has 0 amide bonds. The fraction of sp³-hybridized carbons (Fsp3) is 0.273. The first-order valence-corrected chi connectivity index (χ1v) is 11.4. The molecular weight excluding hydrogens is 398 g/mol. The Morgan fingerprint density at radius 1 is 1.03 bits per heavy atom. The predicted molar refractivity (Wildman–Crippen MR) is 116 cm³/mol. The average molecular weight is 424 g/mol. The summed E-state index contributed by atoms with van der Waals surface area (Å²) in [4.78, 5) is 7.19. The van der Waals surface area contributed by atoms with Gasteiger partial charge >= 0.3 is 0 Å². The van der Waals surface area contributed by atoms with Gasteiger partial charge in [0.25, 0.3) is 0 Å². The molecule has 2 aromatic carbocycles. The van der Waals surface area contributed by atoms with Crippen molar-refractivity contribution in [3.63, 3.8) is 0 Å². The molecule has 0 radical (unpaired) electrons. The smallest absolute Gasteiger partial charge is 0.238 e. The van der Waals surface area contributed by atoms with Gasteiger partial charge in [0.2, 0.25) is 10.0 Å². The van der Waals surface area contributed by atoms with E-state index in [1.54, 1.807) is 16.8 Å². The van der Waals surface area contributed by atoms with Gasteiger partial charge in [-0.15, -0.1) is 5.10 Å². The van der Waals surface area contributed by atoms with Gasteiger partial charge in [-0.3, -0.25) is 4.90 Å². The summed E-state index contributed by atoms with van der Waals surface area (Å²) in [6.07, 6.45) is 6.02. The van der Waals surface area contributed by atoms with Crippen LogP contribution < -0.4 is 5.14 Å². The first-order chi connectivity index (χ1) is 14.4. The second-order valence-corrected chi connectivity index (χ2v) is 9.11. The van der Waals surface area contributed by atoms with Crippen molar-refractivity contribution in [2.45, 2.75) is 31.2 Å². The minimum absolute atomic E-state index is 0.0757. The predicted octanol–water partition coefficient (Wildman–Crippen LogP) is 2.58. The van der Waals surface area contributed by atoms with Crippen molar-refractivity contribution in [2.75, 3.05) is 13.1 Å². The van der Waals surface area contributed by atoms with Crippen LogP contribution >= 0.6 is 0 Å². The van der Waals surface area contributed by atoms with Crippen LogP contribution in [-0.4, -0.2) is 41.2 Å². The molecule has 0 fully saturated rings. The third kappa shape index (κ3) is 4.84. The highest BCUT2D eigenvalue weighted by Crippen LogP contribution is 2.18. The van der Waals surface area contributed by atoms with Crippen molar-refractivity contribution < 1.29 is 8.42 Å². The highest BCUT2D eigenvalue weighted by atomic mass is 32.2. The van der Waals surface area contributed by atoms with Gasteiger partial charge in [-0.2, -0.15) is 0 Å². The average Bonchev–Trinajstić information content (AvgIpc) is 3.12. The molecule has 0 bridgehead atoms. The van der Waals surface area contributed by atoms with Gasteiger partial charge in [0.1, 0.15) is 5.82 Å². The third-order valence-electron chi connectivity index (χ3n) is 5.12. The van der Waals surface area contributed by atoms with Crippen molar-refractivity contribution in [1.29, 1.82) is 0 Å². The molecule has 7 nitrogen and oxygen atoms in total. The SMILES string of the molecule is Cc1ccc(Cc2nc(CN3CC=CCC3)nn2-c2ccc(S(N)(=O)=O)cc2)cc1. The molecule has 2 N–H and O–H groups in total. The lowest BCUT2D eigenvalue weighted by Crippen LogP contribution is -2.27. The van der Waals surface area contributed by atoms with E-state index in [1.165, 1.54) is 17.7 Å². The van der Waals surface area contributed by atoms with Crippen molar-refractivity contribution in [3.8, 4) is 5.69 Å². The molecule has 1 aromatic heterocycles. The van der Waals surface area contributed by atoms with Crippen LogP contribution in [0.5, 0.6) is 0 Å². The Hall–Kier alpha value is -2.81. The second kappa shape index (κ2) is 8.51. The zero-order chi connectivity index (χ0) is 21.1. The Morgan fingerprint density at radius 3 is 2.40 bits per heavy atom. The summed E-state index contributed by atoms with van der Waals surface area (Å²) in [5.41, 5.74) is 3.10. The number of aryl methyl sites for hydroxylation is 1. The topological polar surface area (TPSA) is 94.1 Å². The van der Waals surface area contributed by atoms with Crippen LogP contribution in [0.25, 0.3) is 5.69 Å². The molecule has 30 heavy (non-hydrogen) atoms. The van der Waals surface area contributed by atoms with Crippen LogP contribution in [0.2, 0.25) is 0 Å². The maximum Gasteiger partial charge on any atom is 0.238 e. The summed E-state index contributed by atoms with van der Waals surface area (Å²) in [5, 5.41) is 9.96. The van der Waals surface area contributed by atoms with E-state index < -0.39 is 10.0 Å². The Kier molecular flexibility index (Phi) is 5.80.